The molecule has 0 radical (unpaired) electrons. The maximum absolute atomic E-state index is 12.8. The molecule has 0 aromatic carbocycles. The van der Waals surface area contributed by atoms with Crippen LogP contribution in [0.2, 0.25) is 0 Å². The van der Waals surface area contributed by atoms with E-state index in [4.69, 9.17) is 0 Å². The van der Waals surface area contributed by atoms with Gasteiger partial charge in [-0.15, -0.1) is 0 Å². The second kappa shape index (κ2) is 9.34. The lowest BCUT2D eigenvalue weighted by Gasteiger charge is -2.16. The molecule has 1 aromatic rings. The van der Waals surface area contributed by atoms with E-state index in [2.05, 4.69) is 23.5 Å². The van der Waals surface area contributed by atoms with Gasteiger partial charge in [0.05, 0.1) is 11.9 Å². The van der Waals surface area contributed by atoms with Crippen LogP contribution in [-0.2, 0) is 0 Å². The van der Waals surface area contributed by atoms with E-state index < -0.39 is 0 Å². The number of rotatable bonds is 9. The van der Waals surface area contributed by atoms with Gasteiger partial charge >= 0.3 is 0 Å². The largest absolute Gasteiger partial charge is 0.309 e. The van der Waals surface area contributed by atoms with Gasteiger partial charge in [0.1, 0.15) is 5.82 Å². The van der Waals surface area contributed by atoms with Crippen LogP contribution in [0.4, 0.5) is 4.39 Å². The third-order valence-electron chi connectivity index (χ3n) is 2.93. The molecule has 0 saturated heterocycles. The lowest BCUT2D eigenvalue weighted by molar-refractivity contribution is 0.490. The second-order valence-corrected chi connectivity index (χ2v) is 5.36. The van der Waals surface area contributed by atoms with Crippen LogP contribution in [0.1, 0.15) is 44.3 Å². The first-order valence-corrected chi connectivity index (χ1v) is 8.01. The first kappa shape index (κ1) is 15.4. The number of pyridine rings is 1. The third kappa shape index (κ3) is 5.83. The molecule has 1 heterocycles. The smallest absolute Gasteiger partial charge is 0.141 e. The summed E-state index contributed by atoms with van der Waals surface area (Å²) in [6.07, 6.45) is 8.15. The predicted octanol–water partition coefficient (Wildman–Crippen LogP) is 3.79. The molecule has 0 amide bonds. The summed E-state index contributed by atoms with van der Waals surface area (Å²) in [5.41, 5.74) is 0.933. The first-order chi connectivity index (χ1) is 8.77. The van der Waals surface area contributed by atoms with Gasteiger partial charge < -0.3 is 5.32 Å². The van der Waals surface area contributed by atoms with Gasteiger partial charge in [-0.25, -0.2) is 4.39 Å². The fourth-order valence-electron chi connectivity index (χ4n) is 1.88. The Morgan fingerprint density at radius 3 is 2.78 bits per heavy atom. The Labute approximate surface area is 114 Å². The normalized spacial score (nSPS) is 12.6. The molecular formula is C14H23FN2S. The van der Waals surface area contributed by atoms with Crippen molar-refractivity contribution >= 4 is 11.8 Å². The van der Waals surface area contributed by atoms with Gasteiger partial charge in [0.25, 0.3) is 0 Å². The number of nitrogens with one attached hydrogen (secondary N) is 1. The summed E-state index contributed by atoms with van der Waals surface area (Å²) in [5, 5.41) is 3.49. The fraction of sp³-hybridized carbons (Fsp3) is 0.643. The number of aromatic nitrogens is 1. The van der Waals surface area contributed by atoms with Gasteiger partial charge in [-0.3, -0.25) is 4.98 Å². The molecule has 2 nitrogen and oxygen atoms in total. The molecule has 4 heteroatoms. The molecule has 1 atom stereocenters. The fourth-order valence-corrected chi connectivity index (χ4v) is 2.37. The molecule has 1 N–H and O–H groups in total. The lowest BCUT2D eigenvalue weighted by Crippen LogP contribution is -2.22. The monoisotopic (exact) mass is 270 g/mol. The lowest BCUT2D eigenvalue weighted by atomic mass is 10.1. The van der Waals surface area contributed by atoms with Crippen LogP contribution in [0.5, 0.6) is 0 Å². The first-order valence-electron chi connectivity index (χ1n) is 6.61. The van der Waals surface area contributed by atoms with Crippen molar-refractivity contribution in [3.8, 4) is 0 Å². The van der Waals surface area contributed by atoms with Gasteiger partial charge in [-0.05, 0) is 49.9 Å². The van der Waals surface area contributed by atoms with Crippen molar-refractivity contribution in [2.45, 2.75) is 38.6 Å². The van der Waals surface area contributed by atoms with Gasteiger partial charge in [0.2, 0.25) is 0 Å². The topological polar surface area (TPSA) is 24.9 Å². The number of nitrogens with zero attached hydrogens (tertiary/aromatic N) is 1. The summed E-state index contributed by atoms with van der Waals surface area (Å²) in [5.74, 6) is 0.974. The van der Waals surface area contributed by atoms with Crippen LogP contribution in [0.3, 0.4) is 0 Å². The van der Waals surface area contributed by atoms with Crippen LogP contribution in [0.25, 0.3) is 0 Å². The summed E-state index contributed by atoms with van der Waals surface area (Å²) in [6, 6.07) is 3.49. The Balaban J connectivity index is 2.27. The standard InChI is InChI=1S/C14H23FN2S/c1-3-13(14-8-7-12(15)11-17-14)16-9-5-4-6-10-18-2/h7-8,11,13,16H,3-6,9-10H2,1-2H3. The highest BCUT2D eigenvalue weighted by atomic mass is 32.2. The quantitative estimate of drug-likeness (QED) is 0.691. The molecule has 18 heavy (non-hydrogen) atoms. The molecule has 0 saturated carbocycles. The number of hydrogen-bond donors (Lipinski definition) is 1. The van der Waals surface area contributed by atoms with Crippen LogP contribution >= 0.6 is 11.8 Å². The maximum atomic E-state index is 12.8. The Morgan fingerprint density at radius 1 is 1.33 bits per heavy atom. The summed E-state index contributed by atoms with van der Waals surface area (Å²) in [7, 11) is 0. The third-order valence-corrected chi connectivity index (χ3v) is 3.63. The molecule has 0 aliphatic carbocycles. The van der Waals surface area contributed by atoms with Crippen molar-refractivity contribution in [1.29, 1.82) is 0 Å². The number of halogens is 1. The minimum absolute atomic E-state index is 0.242. The van der Waals surface area contributed by atoms with Crippen LogP contribution in [-0.4, -0.2) is 23.5 Å². The zero-order valence-electron chi connectivity index (χ0n) is 11.3. The van der Waals surface area contributed by atoms with Crippen molar-refractivity contribution < 1.29 is 4.39 Å². The van der Waals surface area contributed by atoms with Gasteiger partial charge in [0, 0.05) is 6.04 Å². The Bertz CT molecular complexity index is 316. The Hall–Kier alpha value is -0.610. The summed E-state index contributed by atoms with van der Waals surface area (Å²) < 4.78 is 12.8. The Kier molecular flexibility index (Phi) is 8.01. The number of hydrogen-bond acceptors (Lipinski definition) is 3. The highest BCUT2D eigenvalue weighted by Gasteiger charge is 2.09. The average Bonchev–Trinajstić information content (AvgIpc) is 2.39. The minimum Gasteiger partial charge on any atom is -0.309 e. The molecule has 0 bridgehead atoms. The highest BCUT2D eigenvalue weighted by Crippen LogP contribution is 2.14. The average molecular weight is 270 g/mol. The van der Waals surface area contributed by atoms with E-state index in [1.807, 2.05) is 11.8 Å². The number of thioether (sulfide) groups is 1. The van der Waals surface area contributed by atoms with E-state index in [1.165, 1.54) is 37.3 Å². The molecule has 0 aliphatic heterocycles. The van der Waals surface area contributed by atoms with E-state index in [1.54, 1.807) is 6.07 Å². The molecule has 1 rings (SSSR count). The zero-order valence-corrected chi connectivity index (χ0v) is 12.1. The van der Waals surface area contributed by atoms with Gasteiger partial charge in [0.15, 0.2) is 0 Å². The van der Waals surface area contributed by atoms with Crippen molar-refractivity contribution in [3.63, 3.8) is 0 Å². The molecule has 1 aromatic heterocycles. The minimum atomic E-state index is -0.273. The van der Waals surface area contributed by atoms with Crippen LogP contribution in [0, 0.1) is 5.82 Å². The van der Waals surface area contributed by atoms with E-state index in [0.29, 0.717) is 0 Å². The van der Waals surface area contributed by atoms with Crippen molar-refractivity contribution in [3.05, 3.63) is 29.8 Å². The molecular weight excluding hydrogens is 247 g/mol. The second-order valence-electron chi connectivity index (χ2n) is 4.37. The van der Waals surface area contributed by atoms with E-state index in [-0.39, 0.29) is 11.9 Å². The highest BCUT2D eigenvalue weighted by molar-refractivity contribution is 7.98. The molecule has 102 valence electrons. The molecule has 0 spiro atoms. The number of unbranched alkanes of at least 4 members (excludes halogenated alkanes) is 2. The predicted molar refractivity (Wildman–Crippen MR) is 77.5 cm³/mol. The summed E-state index contributed by atoms with van der Waals surface area (Å²) in [6.45, 7) is 3.13. The summed E-state index contributed by atoms with van der Waals surface area (Å²) >= 11 is 1.90. The van der Waals surface area contributed by atoms with Crippen LogP contribution in [0.15, 0.2) is 18.3 Å². The molecule has 0 aliphatic rings. The van der Waals surface area contributed by atoms with Crippen molar-refractivity contribution in [2.75, 3.05) is 18.6 Å². The summed E-state index contributed by atoms with van der Waals surface area (Å²) in [4.78, 5) is 4.14. The molecule has 0 fully saturated rings. The zero-order chi connectivity index (χ0) is 13.2. The van der Waals surface area contributed by atoms with Gasteiger partial charge in [-0.2, -0.15) is 11.8 Å². The SMILES string of the molecule is CCC(NCCCCCSC)c1ccc(F)cn1. The van der Waals surface area contributed by atoms with E-state index in [0.717, 1.165) is 18.7 Å². The van der Waals surface area contributed by atoms with E-state index in [9.17, 15) is 4.39 Å². The van der Waals surface area contributed by atoms with Crippen molar-refractivity contribution in [1.82, 2.24) is 10.3 Å². The van der Waals surface area contributed by atoms with Gasteiger partial charge in [-0.1, -0.05) is 13.3 Å². The Morgan fingerprint density at radius 2 is 2.17 bits per heavy atom. The van der Waals surface area contributed by atoms with Crippen molar-refractivity contribution in [2.24, 2.45) is 0 Å². The molecule has 1 unspecified atom stereocenters. The van der Waals surface area contributed by atoms with E-state index >= 15 is 0 Å². The van der Waals surface area contributed by atoms with Crippen LogP contribution < -0.4 is 5.32 Å². The maximum Gasteiger partial charge on any atom is 0.141 e.